The van der Waals surface area contributed by atoms with Gasteiger partial charge in [0.2, 0.25) is 0 Å². The van der Waals surface area contributed by atoms with Crippen LogP contribution in [-0.2, 0) is 0 Å². The van der Waals surface area contributed by atoms with Gasteiger partial charge in [0.15, 0.2) is 0 Å². The molecule has 0 bridgehead atoms. The predicted octanol–water partition coefficient (Wildman–Crippen LogP) is 5.06. The Morgan fingerprint density at radius 3 is 2.60 bits per heavy atom. The van der Waals surface area contributed by atoms with Crippen LogP contribution in [-0.4, -0.2) is 6.10 Å². The lowest BCUT2D eigenvalue weighted by molar-refractivity contribution is 0.0557. The van der Waals surface area contributed by atoms with Crippen LogP contribution in [0.15, 0.2) is 22.7 Å². The summed E-state index contributed by atoms with van der Waals surface area (Å²) in [6.45, 7) is 9.00. The number of hydrogen-bond acceptors (Lipinski definition) is 2. The number of halogens is 1. The molecule has 0 amide bonds. The van der Waals surface area contributed by atoms with Crippen molar-refractivity contribution >= 4 is 15.9 Å². The van der Waals surface area contributed by atoms with E-state index in [9.17, 15) is 0 Å². The van der Waals surface area contributed by atoms with E-state index in [2.05, 4.69) is 48.8 Å². The maximum absolute atomic E-state index is 6.24. The van der Waals surface area contributed by atoms with E-state index in [-0.39, 0.29) is 6.04 Å². The van der Waals surface area contributed by atoms with Gasteiger partial charge in [0.25, 0.3) is 0 Å². The molecule has 0 aromatic heterocycles. The number of ether oxygens (including phenoxy) is 1. The number of hydrogen-bond donors (Lipinski definition) is 1. The Kier molecular flexibility index (Phi) is 4.80. The van der Waals surface area contributed by atoms with Gasteiger partial charge >= 0.3 is 0 Å². The quantitative estimate of drug-likeness (QED) is 0.834. The largest absolute Gasteiger partial charge is 0.489 e. The average Bonchev–Trinajstić information content (AvgIpc) is 2.28. The fourth-order valence-electron chi connectivity index (χ4n) is 3.42. The van der Waals surface area contributed by atoms with Gasteiger partial charge in [0, 0.05) is 6.04 Å². The molecule has 1 fully saturated rings. The van der Waals surface area contributed by atoms with Crippen LogP contribution in [0.5, 0.6) is 5.75 Å². The van der Waals surface area contributed by atoms with E-state index in [1.165, 1.54) is 6.42 Å². The Balaban J connectivity index is 2.10. The van der Waals surface area contributed by atoms with Crippen molar-refractivity contribution in [3.8, 4) is 5.75 Å². The van der Waals surface area contributed by atoms with Crippen molar-refractivity contribution in [3.05, 3.63) is 28.2 Å². The standard InChI is InChI=1S/C17H26BrNO/c1-11-7-14(10-17(3,4)9-11)20-16-6-5-13(12(2)19)8-15(16)18/h5-6,8,11-12,14H,7,9-10,19H2,1-4H3/t11?,12-,14?/m1/s1. The van der Waals surface area contributed by atoms with Crippen molar-refractivity contribution in [2.45, 2.75) is 59.1 Å². The third-order valence-electron chi connectivity index (χ3n) is 4.12. The Hall–Kier alpha value is -0.540. The lowest BCUT2D eigenvalue weighted by atomic mass is 9.71. The zero-order chi connectivity index (χ0) is 14.9. The van der Waals surface area contributed by atoms with Crippen molar-refractivity contribution in [2.24, 2.45) is 17.1 Å². The Labute approximate surface area is 131 Å². The SMILES string of the molecule is CC1CC(Oc2ccc([C@@H](C)N)cc2Br)CC(C)(C)C1. The highest BCUT2D eigenvalue weighted by Crippen LogP contribution is 2.41. The van der Waals surface area contributed by atoms with Gasteiger partial charge in [-0.1, -0.05) is 26.8 Å². The molecule has 0 heterocycles. The van der Waals surface area contributed by atoms with Crippen LogP contribution in [0, 0.1) is 11.3 Å². The molecule has 0 spiro atoms. The second-order valence-corrected chi connectivity index (χ2v) is 7.99. The number of nitrogens with two attached hydrogens (primary N) is 1. The molecule has 1 saturated carbocycles. The van der Waals surface area contributed by atoms with Crippen LogP contribution in [0.2, 0.25) is 0 Å². The summed E-state index contributed by atoms with van der Waals surface area (Å²) in [5.41, 5.74) is 7.41. The van der Waals surface area contributed by atoms with E-state index in [0.29, 0.717) is 11.5 Å². The Morgan fingerprint density at radius 1 is 1.35 bits per heavy atom. The smallest absolute Gasteiger partial charge is 0.133 e. The minimum Gasteiger partial charge on any atom is -0.489 e. The lowest BCUT2D eigenvalue weighted by Crippen LogP contribution is -2.34. The third-order valence-corrected chi connectivity index (χ3v) is 4.74. The van der Waals surface area contributed by atoms with Gasteiger partial charge in [0.05, 0.1) is 10.6 Å². The zero-order valence-corrected chi connectivity index (χ0v) is 14.5. The fraction of sp³-hybridized carbons (Fsp3) is 0.647. The van der Waals surface area contributed by atoms with Crippen molar-refractivity contribution in [1.29, 1.82) is 0 Å². The van der Waals surface area contributed by atoms with E-state index in [0.717, 1.165) is 34.5 Å². The molecule has 2 rings (SSSR count). The second kappa shape index (κ2) is 6.07. The fourth-order valence-corrected chi connectivity index (χ4v) is 3.91. The Morgan fingerprint density at radius 2 is 2.05 bits per heavy atom. The first-order valence-electron chi connectivity index (χ1n) is 7.48. The van der Waals surface area contributed by atoms with Crippen molar-refractivity contribution in [2.75, 3.05) is 0 Å². The lowest BCUT2D eigenvalue weighted by Gasteiger charge is -2.39. The topological polar surface area (TPSA) is 35.2 Å². The van der Waals surface area contributed by atoms with E-state index in [4.69, 9.17) is 10.5 Å². The highest BCUT2D eigenvalue weighted by Gasteiger charge is 2.33. The minimum atomic E-state index is 0.0500. The summed E-state index contributed by atoms with van der Waals surface area (Å²) >= 11 is 3.61. The van der Waals surface area contributed by atoms with Gasteiger partial charge < -0.3 is 10.5 Å². The molecule has 1 aromatic rings. The first-order chi connectivity index (χ1) is 9.27. The van der Waals surface area contributed by atoms with E-state index < -0.39 is 0 Å². The van der Waals surface area contributed by atoms with Crippen LogP contribution in [0.4, 0.5) is 0 Å². The van der Waals surface area contributed by atoms with Crippen LogP contribution < -0.4 is 10.5 Å². The molecule has 1 aromatic carbocycles. The summed E-state index contributed by atoms with van der Waals surface area (Å²) in [6.07, 6.45) is 3.87. The third kappa shape index (κ3) is 3.98. The second-order valence-electron chi connectivity index (χ2n) is 7.13. The van der Waals surface area contributed by atoms with Gasteiger partial charge in [-0.2, -0.15) is 0 Å². The molecule has 2 nitrogen and oxygen atoms in total. The first kappa shape index (κ1) is 15.8. The molecule has 1 aliphatic rings. The van der Waals surface area contributed by atoms with Gasteiger partial charge in [-0.15, -0.1) is 0 Å². The summed E-state index contributed by atoms with van der Waals surface area (Å²) < 4.78 is 7.24. The summed E-state index contributed by atoms with van der Waals surface area (Å²) in [6, 6.07) is 6.21. The highest BCUT2D eigenvalue weighted by atomic mass is 79.9. The maximum atomic E-state index is 6.24. The molecule has 3 heteroatoms. The normalized spacial score (nSPS) is 27.1. The molecule has 2 N–H and O–H groups in total. The Bertz CT molecular complexity index is 470. The van der Waals surface area contributed by atoms with Crippen molar-refractivity contribution < 1.29 is 4.74 Å². The summed E-state index contributed by atoms with van der Waals surface area (Å²) in [7, 11) is 0. The van der Waals surface area contributed by atoms with Crippen LogP contribution in [0.25, 0.3) is 0 Å². The monoisotopic (exact) mass is 339 g/mol. The average molecular weight is 340 g/mol. The molecule has 1 aliphatic carbocycles. The zero-order valence-electron chi connectivity index (χ0n) is 12.9. The molecule has 112 valence electrons. The maximum Gasteiger partial charge on any atom is 0.133 e. The number of benzene rings is 1. The van der Waals surface area contributed by atoms with Gasteiger partial charge in [-0.25, -0.2) is 0 Å². The van der Waals surface area contributed by atoms with Crippen LogP contribution in [0.3, 0.4) is 0 Å². The van der Waals surface area contributed by atoms with E-state index >= 15 is 0 Å². The van der Waals surface area contributed by atoms with Gasteiger partial charge in [-0.3, -0.25) is 0 Å². The molecular formula is C17H26BrNO. The molecule has 0 aliphatic heterocycles. The molecule has 3 atom stereocenters. The molecule has 2 unspecified atom stereocenters. The van der Waals surface area contributed by atoms with Gasteiger partial charge in [0.1, 0.15) is 5.75 Å². The van der Waals surface area contributed by atoms with Crippen LogP contribution in [0.1, 0.15) is 58.6 Å². The van der Waals surface area contributed by atoms with Crippen molar-refractivity contribution in [1.82, 2.24) is 0 Å². The van der Waals surface area contributed by atoms with E-state index in [1.807, 2.05) is 13.0 Å². The molecular weight excluding hydrogens is 314 g/mol. The summed E-state index contributed by atoms with van der Waals surface area (Å²) in [4.78, 5) is 0. The van der Waals surface area contributed by atoms with Crippen LogP contribution >= 0.6 is 15.9 Å². The minimum absolute atomic E-state index is 0.0500. The van der Waals surface area contributed by atoms with Crippen molar-refractivity contribution in [3.63, 3.8) is 0 Å². The summed E-state index contributed by atoms with van der Waals surface area (Å²) in [5.74, 6) is 1.66. The van der Waals surface area contributed by atoms with E-state index in [1.54, 1.807) is 0 Å². The predicted molar refractivity (Wildman–Crippen MR) is 88.0 cm³/mol. The highest BCUT2D eigenvalue weighted by molar-refractivity contribution is 9.10. The first-order valence-corrected chi connectivity index (χ1v) is 8.28. The van der Waals surface area contributed by atoms with Gasteiger partial charge in [-0.05, 0) is 71.1 Å². The molecule has 0 saturated heterocycles. The summed E-state index contributed by atoms with van der Waals surface area (Å²) in [5, 5.41) is 0. The molecule has 0 radical (unpaired) electrons. The molecule has 20 heavy (non-hydrogen) atoms. The number of rotatable bonds is 3.